The molecule has 0 aliphatic carbocycles. The van der Waals surface area contributed by atoms with Crippen molar-refractivity contribution in [1.82, 2.24) is 14.5 Å². The third-order valence-corrected chi connectivity index (χ3v) is 5.28. The number of fused-ring (bicyclic) bond motifs is 1. The van der Waals surface area contributed by atoms with E-state index in [9.17, 15) is 0 Å². The molecule has 5 rings (SSSR count). The second kappa shape index (κ2) is 7.06. The first-order chi connectivity index (χ1) is 13.8. The van der Waals surface area contributed by atoms with Gasteiger partial charge in [0.05, 0.1) is 11.2 Å². The third kappa shape index (κ3) is 2.83. The Morgan fingerprint density at radius 3 is 2.00 bits per heavy atom. The zero-order valence-electron chi connectivity index (χ0n) is 15.0. The fraction of sp³-hybridized carbons (Fsp3) is 0. The van der Waals surface area contributed by atoms with E-state index < -0.39 is 0 Å². The fourth-order valence-corrected chi connectivity index (χ4v) is 4.01. The number of halogens is 1. The quantitative estimate of drug-likeness (QED) is 0.329. The molecule has 0 aliphatic heterocycles. The van der Waals surface area contributed by atoms with Crippen molar-refractivity contribution in [3.63, 3.8) is 0 Å². The minimum Gasteiger partial charge on any atom is -0.277 e. The van der Waals surface area contributed by atoms with Gasteiger partial charge in [-0.25, -0.2) is 9.97 Å². The van der Waals surface area contributed by atoms with Crippen LogP contribution in [-0.2, 0) is 0 Å². The van der Waals surface area contributed by atoms with E-state index in [-0.39, 0.29) is 0 Å². The molecule has 3 aromatic carbocycles. The summed E-state index contributed by atoms with van der Waals surface area (Å²) in [6, 6.07) is 29.1. The van der Waals surface area contributed by atoms with E-state index in [4.69, 9.17) is 0 Å². The lowest BCUT2D eigenvalue weighted by atomic mass is 9.98. The molecule has 0 fully saturated rings. The van der Waals surface area contributed by atoms with Gasteiger partial charge in [0.25, 0.3) is 0 Å². The van der Waals surface area contributed by atoms with E-state index >= 15 is 0 Å². The summed E-state index contributed by atoms with van der Waals surface area (Å²) in [5, 5.41) is 1.16. The molecule has 28 heavy (non-hydrogen) atoms. The smallest absolute Gasteiger partial charge is 0.234 e. The Bertz CT molecular complexity index is 1250. The van der Waals surface area contributed by atoms with Crippen molar-refractivity contribution >= 4 is 26.8 Å². The van der Waals surface area contributed by atoms with Crippen LogP contribution in [0.15, 0.2) is 102 Å². The molecule has 0 radical (unpaired) electrons. The summed E-state index contributed by atoms with van der Waals surface area (Å²) in [4.78, 5) is 9.11. The highest BCUT2D eigenvalue weighted by Gasteiger charge is 2.22. The van der Waals surface area contributed by atoms with Crippen LogP contribution >= 0.6 is 15.9 Å². The van der Waals surface area contributed by atoms with E-state index in [1.807, 2.05) is 18.2 Å². The van der Waals surface area contributed by atoms with Gasteiger partial charge in [0, 0.05) is 27.8 Å². The van der Waals surface area contributed by atoms with E-state index in [0.29, 0.717) is 5.95 Å². The summed E-state index contributed by atoms with van der Waals surface area (Å²) < 4.78 is 3.20. The molecule has 0 atom stereocenters. The molecule has 2 heterocycles. The Morgan fingerprint density at radius 2 is 1.32 bits per heavy atom. The summed E-state index contributed by atoms with van der Waals surface area (Å²) in [6.45, 7) is 0. The fourth-order valence-electron chi connectivity index (χ4n) is 3.64. The average molecular weight is 426 g/mol. The molecule has 0 spiro atoms. The van der Waals surface area contributed by atoms with Crippen molar-refractivity contribution < 1.29 is 0 Å². The minimum absolute atomic E-state index is 0.663. The van der Waals surface area contributed by atoms with Gasteiger partial charge in [0.2, 0.25) is 5.95 Å². The van der Waals surface area contributed by atoms with E-state index in [1.54, 1.807) is 12.4 Å². The number of rotatable bonds is 3. The molecule has 134 valence electrons. The number of benzene rings is 3. The Labute approximate surface area is 171 Å². The van der Waals surface area contributed by atoms with Crippen LogP contribution in [0.5, 0.6) is 0 Å². The van der Waals surface area contributed by atoms with Crippen LogP contribution in [-0.4, -0.2) is 14.5 Å². The van der Waals surface area contributed by atoms with Crippen LogP contribution in [0, 0.1) is 0 Å². The van der Waals surface area contributed by atoms with Gasteiger partial charge in [-0.1, -0.05) is 76.6 Å². The Hall–Kier alpha value is -3.24. The molecule has 2 aromatic heterocycles. The van der Waals surface area contributed by atoms with Crippen molar-refractivity contribution in [2.75, 3.05) is 0 Å². The lowest BCUT2D eigenvalue weighted by Gasteiger charge is -2.11. The normalized spacial score (nSPS) is 11.0. The molecule has 0 unspecified atom stereocenters. The van der Waals surface area contributed by atoms with Crippen molar-refractivity contribution in [2.24, 2.45) is 0 Å². The number of hydrogen-bond acceptors (Lipinski definition) is 2. The van der Waals surface area contributed by atoms with Gasteiger partial charge in [0.15, 0.2) is 0 Å². The van der Waals surface area contributed by atoms with Crippen molar-refractivity contribution in [2.45, 2.75) is 0 Å². The van der Waals surface area contributed by atoms with Crippen LogP contribution < -0.4 is 0 Å². The van der Waals surface area contributed by atoms with Gasteiger partial charge in [-0.2, -0.15) is 0 Å². The third-order valence-electron chi connectivity index (χ3n) is 4.79. The van der Waals surface area contributed by atoms with Crippen LogP contribution in [0.25, 0.3) is 39.2 Å². The van der Waals surface area contributed by atoms with Gasteiger partial charge >= 0.3 is 0 Å². The average Bonchev–Trinajstić information content (AvgIpc) is 3.10. The predicted molar refractivity (Wildman–Crippen MR) is 117 cm³/mol. The highest BCUT2D eigenvalue weighted by Crippen LogP contribution is 2.42. The summed E-state index contributed by atoms with van der Waals surface area (Å²) in [7, 11) is 0. The van der Waals surface area contributed by atoms with Crippen LogP contribution in [0.3, 0.4) is 0 Å². The van der Waals surface area contributed by atoms with Crippen LogP contribution in [0.1, 0.15) is 0 Å². The maximum absolute atomic E-state index is 4.55. The standard InChI is InChI=1S/C24H16BrN3/c25-19-12-13-21-20(16-19)22(17-8-3-1-4-9-17)23(18-10-5-2-6-11-18)28(21)24-26-14-7-15-27-24/h1-16H. The molecule has 0 amide bonds. The predicted octanol–water partition coefficient (Wildman–Crippen LogP) is 6.52. The molecule has 0 saturated heterocycles. The summed E-state index contributed by atoms with van der Waals surface area (Å²) in [5.41, 5.74) is 5.63. The first-order valence-corrected chi connectivity index (χ1v) is 9.84. The number of aromatic nitrogens is 3. The zero-order valence-corrected chi connectivity index (χ0v) is 16.5. The van der Waals surface area contributed by atoms with Gasteiger partial charge in [-0.05, 0) is 35.4 Å². The molecule has 0 saturated carbocycles. The van der Waals surface area contributed by atoms with Gasteiger partial charge < -0.3 is 0 Å². The largest absolute Gasteiger partial charge is 0.277 e. The summed E-state index contributed by atoms with van der Waals surface area (Å²) in [6.07, 6.45) is 3.56. The highest BCUT2D eigenvalue weighted by molar-refractivity contribution is 9.10. The highest BCUT2D eigenvalue weighted by atomic mass is 79.9. The Morgan fingerprint density at radius 1 is 0.679 bits per heavy atom. The van der Waals surface area contributed by atoms with Crippen molar-refractivity contribution in [1.29, 1.82) is 0 Å². The molecule has 4 heteroatoms. The minimum atomic E-state index is 0.663. The topological polar surface area (TPSA) is 30.7 Å². The molecular formula is C24H16BrN3. The second-order valence-electron chi connectivity index (χ2n) is 6.50. The van der Waals surface area contributed by atoms with E-state index in [1.165, 1.54) is 11.1 Å². The van der Waals surface area contributed by atoms with Gasteiger partial charge in [-0.15, -0.1) is 0 Å². The number of nitrogens with zero attached hydrogens (tertiary/aromatic N) is 3. The van der Waals surface area contributed by atoms with Gasteiger partial charge in [-0.3, -0.25) is 4.57 Å². The number of hydrogen-bond donors (Lipinski definition) is 0. The molecule has 0 bridgehead atoms. The summed E-state index contributed by atoms with van der Waals surface area (Å²) >= 11 is 3.64. The van der Waals surface area contributed by atoms with Crippen molar-refractivity contribution in [3.05, 3.63) is 102 Å². The Balaban J connectivity index is 1.98. The first-order valence-electron chi connectivity index (χ1n) is 9.05. The zero-order chi connectivity index (χ0) is 18.9. The maximum Gasteiger partial charge on any atom is 0.234 e. The lowest BCUT2D eigenvalue weighted by Crippen LogP contribution is -2.02. The SMILES string of the molecule is Brc1ccc2c(c1)c(-c1ccccc1)c(-c1ccccc1)n2-c1ncccn1. The molecule has 5 aromatic rings. The maximum atomic E-state index is 4.55. The Kier molecular flexibility index (Phi) is 4.26. The monoisotopic (exact) mass is 425 g/mol. The summed E-state index contributed by atoms with van der Waals surface area (Å²) in [5.74, 6) is 0.663. The van der Waals surface area contributed by atoms with Crippen molar-refractivity contribution in [3.8, 4) is 28.3 Å². The first kappa shape index (κ1) is 16.9. The second-order valence-corrected chi connectivity index (χ2v) is 7.42. The van der Waals surface area contributed by atoms with E-state index in [0.717, 1.165) is 26.6 Å². The molecule has 0 N–H and O–H groups in total. The molecule has 0 aliphatic rings. The van der Waals surface area contributed by atoms with Crippen LogP contribution in [0.4, 0.5) is 0 Å². The van der Waals surface area contributed by atoms with Crippen LogP contribution in [0.2, 0.25) is 0 Å². The molecular weight excluding hydrogens is 410 g/mol. The lowest BCUT2D eigenvalue weighted by molar-refractivity contribution is 0.968. The molecule has 3 nitrogen and oxygen atoms in total. The van der Waals surface area contributed by atoms with E-state index in [2.05, 4.69) is 97.2 Å². The van der Waals surface area contributed by atoms with Gasteiger partial charge in [0.1, 0.15) is 0 Å².